The Bertz CT molecular complexity index is 4100. The predicted molar refractivity (Wildman–Crippen MR) is 336 cm³/mol. The van der Waals surface area contributed by atoms with Crippen molar-refractivity contribution in [2.75, 3.05) is 26.3 Å². The molecule has 0 fully saturated rings. The number of benzene rings is 8. The quantitative estimate of drug-likeness (QED) is 0.158. The van der Waals surface area contributed by atoms with Crippen LogP contribution in [0.25, 0.3) is 27.6 Å². The van der Waals surface area contributed by atoms with Crippen molar-refractivity contribution in [1.29, 1.82) is 0 Å². The minimum atomic E-state index is -0.252. The molecule has 0 unspecified atom stereocenters. The first-order valence-electron chi connectivity index (χ1n) is 28.4. The first-order chi connectivity index (χ1) is 39.0. The van der Waals surface area contributed by atoms with E-state index in [4.69, 9.17) is 14.7 Å². The maximum Gasteiger partial charge on any atom is 0.158 e. The van der Waals surface area contributed by atoms with Crippen LogP contribution in [-0.4, -0.2) is 21.2 Å². The summed E-state index contributed by atoms with van der Waals surface area (Å²) in [7, 11) is 0. The van der Waals surface area contributed by atoms with Gasteiger partial charge in [0.05, 0.1) is 56.5 Å². The van der Waals surface area contributed by atoms with E-state index in [-0.39, 0.29) is 21.7 Å². The third kappa shape index (κ3) is 7.93. The average Bonchev–Trinajstić information content (AvgIpc) is 3.16. The molecule has 8 aromatic carbocycles. The number of aromatic nitrogens is 3. The first kappa shape index (κ1) is 50.1. The molecule has 8 nitrogen and oxygen atoms in total. The van der Waals surface area contributed by atoms with Crippen molar-refractivity contribution in [3.05, 3.63) is 246 Å². The maximum absolute atomic E-state index is 6.95. The zero-order valence-corrected chi connectivity index (χ0v) is 48.0. The summed E-state index contributed by atoms with van der Waals surface area (Å²) < 4.78 is 9.22. The molecule has 14 rings (SSSR count). The molecule has 3 aliphatic heterocycles. The summed E-state index contributed by atoms with van der Waals surface area (Å²) in [5.41, 5.74) is 18.9. The molecule has 81 heavy (non-hydrogen) atoms. The summed E-state index contributed by atoms with van der Waals surface area (Å²) in [4.78, 5) is 20.1. The molecule has 0 bridgehead atoms. The molecule has 11 aromatic rings. The topological polar surface area (TPSA) is 52.9 Å². The summed E-state index contributed by atoms with van der Waals surface area (Å²) in [6.07, 6.45) is 3.84. The van der Waals surface area contributed by atoms with Gasteiger partial charge in [0.15, 0.2) is 5.82 Å². The summed E-state index contributed by atoms with van der Waals surface area (Å²) in [5, 5.41) is 2.31. The van der Waals surface area contributed by atoms with Gasteiger partial charge >= 0.3 is 0 Å². The maximum atomic E-state index is 6.95. The summed E-state index contributed by atoms with van der Waals surface area (Å²) in [6, 6.07) is 73.1. The van der Waals surface area contributed by atoms with Crippen LogP contribution in [0.4, 0.5) is 57.0 Å². The lowest BCUT2D eigenvalue weighted by Gasteiger charge is -2.46. The van der Waals surface area contributed by atoms with Gasteiger partial charge in [0.25, 0.3) is 0 Å². The van der Waals surface area contributed by atoms with Crippen molar-refractivity contribution < 1.29 is 4.74 Å². The highest BCUT2D eigenvalue weighted by atomic mass is 16.5. The molecule has 0 amide bonds. The fourth-order valence-corrected chi connectivity index (χ4v) is 13.1. The molecular formula is C73H67N7O. The smallest absolute Gasteiger partial charge is 0.158 e. The zero-order chi connectivity index (χ0) is 55.7. The molecule has 0 saturated carbocycles. The summed E-state index contributed by atoms with van der Waals surface area (Å²) >= 11 is 0. The van der Waals surface area contributed by atoms with Gasteiger partial charge in [-0.3, -0.25) is 4.57 Å². The van der Waals surface area contributed by atoms with Crippen molar-refractivity contribution >= 4 is 78.8 Å². The number of hydrogen-bond acceptors (Lipinski definition) is 7. The minimum absolute atomic E-state index is 0.0357. The number of anilines is 10. The molecule has 3 aromatic heterocycles. The normalized spacial score (nSPS) is 15.1. The van der Waals surface area contributed by atoms with Gasteiger partial charge in [0, 0.05) is 51.8 Å². The highest BCUT2D eigenvalue weighted by molar-refractivity contribution is 6.10. The minimum Gasteiger partial charge on any atom is -0.457 e. The van der Waals surface area contributed by atoms with E-state index in [1.54, 1.807) is 0 Å². The number of fused-ring (bicyclic) bond motifs is 8. The van der Waals surface area contributed by atoms with Crippen molar-refractivity contribution in [3.63, 3.8) is 0 Å². The Kier molecular flexibility index (Phi) is 11.3. The van der Waals surface area contributed by atoms with E-state index < -0.39 is 0 Å². The molecular weight excluding hydrogens is 991 g/mol. The van der Waals surface area contributed by atoms with Crippen LogP contribution in [0.15, 0.2) is 213 Å². The van der Waals surface area contributed by atoms with Gasteiger partial charge in [-0.25, -0.2) is 9.97 Å². The highest BCUT2D eigenvalue weighted by Gasteiger charge is 2.44. The summed E-state index contributed by atoms with van der Waals surface area (Å²) in [6.45, 7) is 23.7. The first-order valence-corrected chi connectivity index (χ1v) is 28.4. The van der Waals surface area contributed by atoms with Crippen LogP contribution in [0.3, 0.4) is 0 Å². The van der Waals surface area contributed by atoms with E-state index >= 15 is 0 Å². The lowest BCUT2D eigenvalue weighted by Crippen LogP contribution is -2.34. The Morgan fingerprint density at radius 2 is 0.926 bits per heavy atom. The van der Waals surface area contributed by atoms with E-state index in [0.717, 1.165) is 68.0 Å². The van der Waals surface area contributed by atoms with Crippen LogP contribution in [-0.2, 0) is 21.7 Å². The monoisotopic (exact) mass is 1060 g/mol. The second kappa shape index (κ2) is 18.2. The lowest BCUT2D eigenvalue weighted by molar-refractivity contribution is 0.483. The number of hydrogen-bond donors (Lipinski definition) is 0. The summed E-state index contributed by atoms with van der Waals surface area (Å²) in [5.74, 6) is 3.21. The van der Waals surface area contributed by atoms with Crippen LogP contribution < -0.4 is 24.3 Å². The lowest BCUT2D eigenvalue weighted by atomic mass is 9.73. The Balaban J connectivity index is 0.949. The molecule has 0 radical (unpaired) electrons. The van der Waals surface area contributed by atoms with E-state index in [2.05, 4.69) is 288 Å². The highest BCUT2D eigenvalue weighted by Crippen LogP contribution is 2.61. The molecule has 0 aliphatic carbocycles. The third-order valence-corrected chi connectivity index (χ3v) is 17.4. The molecule has 6 heterocycles. The standard InChI is InChI=1S/C73H67N7O/c1-70(2,3)47-38-40-74-67(43-47)80-58-30-16-11-25-52(58)53-37-36-51(45-64(53)80)81-50-24-21-23-49(44-50)76-46-77(63-35-22-39-75-69(63)76)68-65(78-59-31-17-12-26-54(59)72(7,8)55-27-13-18-32-60(55)78)41-48(71(4,5)6)42-66(68)79-61-33-19-14-28-56(61)73(9,10)57-29-15-20-34-62(57)79/h11-45H,46H2,1-10H3. The van der Waals surface area contributed by atoms with Gasteiger partial charge in [0.2, 0.25) is 0 Å². The molecule has 0 N–H and O–H groups in total. The van der Waals surface area contributed by atoms with E-state index in [1.807, 2.05) is 18.5 Å². The van der Waals surface area contributed by atoms with Gasteiger partial charge in [-0.2, -0.15) is 0 Å². The number of nitrogens with zero attached hydrogens (tertiary/aromatic N) is 7. The Morgan fingerprint density at radius 3 is 1.51 bits per heavy atom. The van der Waals surface area contributed by atoms with Gasteiger partial charge in [0.1, 0.15) is 24.0 Å². The van der Waals surface area contributed by atoms with Crippen LogP contribution in [0.5, 0.6) is 11.5 Å². The Morgan fingerprint density at radius 1 is 0.407 bits per heavy atom. The van der Waals surface area contributed by atoms with Crippen LogP contribution in [0.1, 0.15) is 103 Å². The fraction of sp³-hybridized carbons (Fsp3) is 0.205. The van der Waals surface area contributed by atoms with Crippen molar-refractivity contribution in [3.8, 4) is 17.3 Å². The number of ether oxygens (including phenoxy) is 1. The van der Waals surface area contributed by atoms with Gasteiger partial charge in [-0.1, -0.05) is 166 Å². The second-order valence-corrected chi connectivity index (χ2v) is 25.2. The molecule has 3 aliphatic rings. The molecule has 400 valence electrons. The average molecular weight is 1060 g/mol. The Hall–Kier alpha value is -9.14. The van der Waals surface area contributed by atoms with Crippen LogP contribution in [0, 0.1) is 0 Å². The molecule has 8 heteroatoms. The molecule has 0 spiro atoms. The number of pyridine rings is 2. The van der Waals surface area contributed by atoms with Crippen LogP contribution in [0.2, 0.25) is 0 Å². The SMILES string of the molecule is CC(C)(C)c1ccnc(-n2c3ccccc3c3ccc(Oc4cccc(N5CN(c6c(N7c8ccccc8C(C)(C)c8ccccc87)cc(C(C)(C)C)cc6N6c7ccccc7C(C)(C)c7ccccc76)c6cccnc65)c4)cc32)c1. The third-order valence-electron chi connectivity index (χ3n) is 17.4. The largest absolute Gasteiger partial charge is 0.457 e. The molecule has 0 saturated heterocycles. The second-order valence-electron chi connectivity index (χ2n) is 25.2. The zero-order valence-electron chi connectivity index (χ0n) is 48.0. The fourth-order valence-electron chi connectivity index (χ4n) is 13.1. The van der Waals surface area contributed by atoms with Crippen molar-refractivity contribution in [2.45, 2.75) is 90.9 Å². The van der Waals surface area contributed by atoms with Crippen molar-refractivity contribution in [1.82, 2.24) is 14.5 Å². The van der Waals surface area contributed by atoms with Gasteiger partial charge in [-0.15, -0.1) is 0 Å². The predicted octanol–water partition coefficient (Wildman–Crippen LogP) is 19.4. The van der Waals surface area contributed by atoms with Crippen molar-refractivity contribution in [2.24, 2.45) is 0 Å². The Labute approximate surface area is 476 Å². The number of para-hydroxylation sites is 5. The van der Waals surface area contributed by atoms with E-state index in [0.29, 0.717) is 6.67 Å². The van der Waals surface area contributed by atoms with Crippen LogP contribution >= 0.6 is 0 Å². The van der Waals surface area contributed by atoms with Gasteiger partial charge in [-0.05, 0) is 135 Å². The number of rotatable bonds is 7. The van der Waals surface area contributed by atoms with Gasteiger partial charge < -0.3 is 24.3 Å². The van der Waals surface area contributed by atoms with E-state index in [9.17, 15) is 0 Å². The van der Waals surface area contributed by atoms with E-state index in [1.165, 1.54) is 61.5 Å². The molecule has 0 atom stereocenters.